The van der Waals surface area contributed by atoms with Crippen LogP contribution in [0, 0.1) is 0 Å². The highest BCUT2D eigenvalue weighted by Gasteiger charge is 2.27. The van der Waals surface area contributed by atoms with Gasteiger partial charge in [-0.1, -0.05) is 23.7 Å². The maximum atomic E-state index is 12.6. The number of hydrogen-bond donors (Lipinski definition) is 2. The van der Waals surface area contributed by atoms with Gasteiger partial charge < -0.3 is 10.6 Å². The van der Waals surface area contributed by atoms with Crippen molar-refractivity contribution in [2.45, 2.75) is 37.1 Å². The molecule has 1 aliphatic rings. The molecule has 2 N–H and O–H groups in total. The fourth-order valence-corrected chi connectivity index (χ4v) is 5.02. The van der Waals surface area contributed by atoms with Gasteiger partial charge in [0, 0.05) is 30.7 Å². The van der Waals surface area contributed by atoms with E-state index < -0.39 is 16.1 Å². The second-order valence-electron chi connectivity index (χ2n) is 7.19. The number of hydrogen-bond acceptors (Lipinski definition) is 4. The summed E-state index contributed by atoms with van der Waals surface area (Å²) in [5.41, 5.74) is 1.25. The summed E-state index contributed by atoms with van der Waals surface area (Å²) in [6, 6.07) is 12.5. The first-order valence-electron chi connectivity index (χ1n) is 9.68. The predicted octanol–water partition coefficient (Wildman–Crippen LogP) is 3.33. The van der Waals surface area contributed by atoms with Crippen molar-refractivity contribution in [2.75, 3.05) is 18.4 Å². The summed E-state index contributed by atoms with van der Waals surface area (Å²) in [7, 11) is -3.49. The lowest BCUT2D eigenvalue weighted by Crippen LogP contribution is -2.29. The Morgan fingerprint density at radius 3 is 2.20 bits per heavy atom. The van der Waals surface area contributed by atoms with Crippen LogP contribution in [0.15, 0.2) is 53.4 Å². The van der Waals surface area contributed by atoms with E-state index in [1.165, 1.54) is 23.4 Å². The molecule has 9 heteroatoms. The van der Waals surface area contributed by atoms with Gasteiger partial charge in [-0.05, 0) is 54.8 Å². The summed E-state index contributed by atoms with van der Waals surface area (Å²) in [4.78, 5) is 24.3. The van der Waals surface area contributed by atoms with E-state index in [-0.39, 0.29) is 23.1 Å². The molecule has 2 amide bonds. The van der Waals surface area contributed by atoms with Gasteiger partial charge in [-0.3, -0.25) is 9.59 Å². The van der Waals surface area contributed by atoms with Crippen LogP contribution in [0.5, 0.6) is 0 Å². The number of rotatable bonds is 7. The molecule has 1 heterocycles. The van der Waals surface area contributed by atoms with Crippen molar-refractivity contribution in [3.63, 3.8) is 0 Å². The highest BCUT2D eigenvalue weighted by atomic mass is 35.5. The van der Waals surface area contributed by atoms with E-state index in [0.29, 0.717) is 23.8 Å². The molecule has 1 aliphatic heterocycles. The van der Waals surface area contributed by atoms with E-state index in [0.717, 1.165) is 18.4 Å². The second kappa shape index (κ2) is 9.59. The summed E-state index contributed by atoms with van der Waals surface area (Å²) >= 11 is 5.91. The zero-order chi connectivity index (χ0) is 21.7. The number of sulfonamides is 1. The minimum absolute atomic E-state index is 0.0229. The SMILES string of the molecule is CC(=O)NC(CC(=O)Nc1ccc(S(=O)(=O)N2CCCC2)cc1)c1ccc(Cl)cc1. The lowest BCUT2D eigenvalue weighted by atomic mass is 10.0. The first-order chi connectivity index (χ1) is 14.3. The average Bonchev–Trinajstić information content (AvgIpc) is 3.24. The number of carbonyl (C=O) groups excluding carboxylic acids is 2. The number of halogens is 1. The smallest absolute Gasteiger partial charge is 0.243 e. The molecule has 7 nitrogen and oxygen atoms in total. The van der Waals surface area contributed by atoms with E-state index in [1.807, 2.05) is 0 Å². The minimum Gasteiger partial charge on any atom is -0.349 e. The van der Waals surface area contributed by atoms with Gasteiger partial charge in [0.25, 0.3) is 0 Å². The Labute approximate surface area is 181 Å². The maximum Gasteiger partial charge on any atom is 0.243 e. The zero-order valence-corrected chi connectivity index (χ0v) is 18.2. The van der Waals surface area contributed by atoms with Crippen LogP contribution in [-0.4, -0.2) is 37.6 Å². The summed E-state index contributed by atoms with van der Waals surface area (Å²) in [6.07, 6.45) is 1.77. The number of amides is 2. The van der Waals surface area contributed by atoms with Crippen LogP contribution >= 0.6 is 11.6 Å². The fraction of sp³-hybridized carbons (Fsp3) is 0.333. The quantitative estimate of drug-likeness (QED) is 0.677. The molecule has 160 valence electrons. The van der Waals surface area contributed by atoms with Crippen LogP contribution < -0.4 is 10.6 Å². The fourth-order valence-electron chi connectivity index (χ4n) is 3.38. The molecule has 1 saturated heterocycles. The normalized spacial score (nSPS) is 15.5. The third-order valence-electron chi connectivity index (χ3n) is 4.88. The van der Waals surface area contributed by atoms with E-state index in [1.54, 1.807) is 36.4 Å². The van der Waals surface area contributed by atoms with Crippen LogP contribution in [0.25, 0.3) is 0 Å². The monoisotopic (exact) mass is 449 g/mol. The van der Waals surface area contributed by atoms with Crippen molar-refractivity contribution in [3.05, 3.63) is 59.1 Å². The van der Waals surface area contributed by atoms with Gasteiger partial charge in [-0.15, -0.1) is 0 Å². The number of nitrogens with zero attached hydrogens (tertiary/aromatic N) is 1. The molecule has 0 radical (unpaired) electrons. The maximum absolute atomic E-state index is 12.6. The van der Waals surface area contributed by atoms with E-state index in [9.17, 15) is 18.0 Å². The number of benzene rings is 2. The number of anilines is 1. The molecule has 0 spiro atoms. The van der Waals surface area contributed by atoms with Crippen molar-refractivity contribution in [1.82, 2.24) is 9.62 Å². The van der Waals surface area contributed by atoms with Gasteiger partial charge in [0.15, 0.2) is 0 Å². The molecule has 0 saturated carbocycles. The van der Waals surface area contributed by atoms with Gasteiger partial charge in [0.1, 0.15) is 0 Å². The molecule has 1 atom stereocenters. The van der Waals surface area contributed by atoms with E-state index >= 15 is 0 Å². The van der Waals surface area contributed by atoms with Crippen LogP contribution in [-0.2, 0) is 19.6 Å². The summed E-state index contributed by atoms with van der Waals surface area (Å²) in [5.74, 6) is -0.557. The summed E-state index contributed by atoms with van der Waals surface area (Å²) in [6.45, 7) is 2.46. The van der Waals surface area contributed by atoms with Crippen LogP contribution in [0.2, 0.25) is 5.02 Å². The molecule has 1 unspecified atom stereocenters. The van der Waals surface area contributed by atoms with Crippen LogP contribution in [0.1, 0.15) is 37.8 Å². The van der Waals surface area contributed by atoms with E-state index in [4.69, 9.17) is 11.6 Å². The van der Waals surface area contributed by atoms with Gasteiger partial charge in [0.05, 0.1) is 17.4 Å². The minimum atomic E-state index is -3.49. The average molecular weight is 450 g/mol. The Morgan fingerprint density at radius 2 is 1.63 bits per heavy atom. The molecule has 0 aromatic heterocycles. The van der Waals surface area contributed by atoms with Crippen molar-refractivity contribution in [2.24, 2.45) is 0 Å². The summed E-state index contributed by atoms with van der Waals surface area (Å²) in [5, 5.41) is 6.08. The Bertz CT molecular complexity index is 1000. The zero-order valence-electron chi connectivity index (χ0n) is 16.6. The first-order valence-corrected chi connectivity index (χ1v) is 11.5. The van der Waals surface area contributed by atoms with Crippen LogP contribution in [0.4, 0.5) is 5.69 Å². The largest absolute Gasteiger partial charge is 0.349 e. The lowest BCUT2D eigenvalue weighted by molar-refractivity contribution is -0.120. The molecule has 30 heavy (non-hydrogen) atoms. The molecule has 2 aromatic carbocycles. The Hall–Kier alpha value is -2.42. The lowest BCUT2D eigenvalue weighted by Gasteiger charge is -2.18. The molecular weight excluding hydrogens is 426 g/mol. The molecule has 0 bridgehead atoms. The molecule has 3 rings (SSSR count). The van der Waals surface area contributed by atoms with Gasteiger partial charge in [0.2, 0.25) is 21.8 Å². The van der Waals surface area contributed by atoms with Crippen molar-refractivity contribution in [1.29, 1.82) is 0 Å². The standard InChI is InChI=1S/C21H24ClN3O4S/c1-15(26)23-20(16-4-6-17(22)7-5-16)14-21(27)24-18-8-10-19(11-9-18)30(28,29)25-12-2-3-13-25/h4-11,20H,2-3,12-14H2,1H3,(H,23,26)(H,24,27). The van der Waals surface area contributed by atoms with Crippen molar-refractivity contribution >= 4 is 39.1 Å². The molecule has 2 aromatic rings. The van der Waals surface area contributed by atoms with Gasteiger partial charge >= 0.3 is 0 Å². The molecular formula is C21H24ClN3O4S. The Morgan fingerprint density at radius 1 is 1.03 bits per heavy atom. The van der Waals surface area contributed by atoms with Gasteiger partial charge in [-0.2, -0.15) is 4.31 Å². The topological polar surface area (TPSA) is 95.6 Å². The van der Waals surface area contributed by atoms with Gasteiger partial charge in [-0.25, -0.2) is 8.42 Å². The third kappa shape index (κ3) is 5.59. The Kier molecular flexibility index (Phi) is 7.12. The highest BCUT2D eigenvalue weighted by Crippen LogP contribution is 2.23. The molecule has 1 fully saturated rings. The van der Waals surface area contributed by atoms with Crippen molar-refractivity contribution in [3.8, 4) is 0 Å². The predicted molar refractivity (Wildman–Crippen MR) is 116 cm³/mol. The number of carbonyl (C=O) groups is 2. The first kappa shape index (κ1) is 22.3. The highest BCUT2D eigenvalue weighted by molar-refractivity contribution is 7.89. The number of nitrogens with one attached hydrogen (secondary N) is 2. The Balaban J connectivity index is 1.66. The van der Waals surface area contributed by atoms with Crippen molar-refractivity contribution < 1.29 is 18.0 Å². The second-order valence-corrected chi connectivity index (χ2v) is 9.57. The third-order valence-corrected chi connectivity index (χ3v) is 7.05. The molecule has 0 aliphatic carbocycles. The summed E-state index contributed by atoms with van der Waals surface area (Å²) < 4.78 is 26.6. The van der Waals surface area contributed by atoms with Crippen LogP contribution in [0.3, 0.4) is 0 Å². The van der Waals surface area contributed by atoms with E-state index in [2.05, 4.69) is 10.6 Å².